The number of hydrogen-bond donors (Lipinski definition) is 2. The summed E-state index contributed by atoms with van der Waals surface area (Å²) in [5.41, 5.74) is 3.45. The minimum Gasteiger partial charge on any atom is -0.496 e. The fourth-order valence-electron chi connectivity index (χ4n) is 2.42. The van der Waals surface area contributed by atoms with Gasteiger partial charge >= 0.3 is 0 Å². The largest absolute Gasteiger partial charge is 0.496 e. The van der Waals surface area contributed by atoms with Gasteiger partial charge in [-0.25, -0.2) is 4.98 Å². The van der Waals surface area contributed by atoms with E-state index in [1.807, 2.05) is 19.1 Å². The zero-order chi connectivity index (χ0) is 18.1. The third-order valence-electron chi connectivity index (χ3n) is 3.87. The second kappa shape index (κ2) is 11.6. The number of hydrogen-bond acceptors (Lipinski definition) is 4. The highest BCUT2D eigenvalue weighted by Gasteiger charge is 2.03. The van der Waals surface area contributed by atoms with E-state index in [2.05, 4.69) is 38.8 Å². The van der Waals surface area contributed by atoms with Crippen molar-refractivity contribution in [2.24, 2.45) is 4.99 Å². The average Bonchev–Trinajstić information content (AvgIpc) is 2.65. The Hall–Kier alpha value is -2.03. The molecule has 0 fully saturated rings. The zero-order valence-corrected chi connectivity index (χ0v) is 18.0. The van der Waals surface area contributed by atoms with Crippen molar-refractivity contribution in [2.45, 2.75) is 19.9 Å². The lowest BCUT2D eigenvalue weighted by atomic mass is 10.1. The van der Waals surface area contributed by atoms with E-state index in [-0.39, 0.29) is 24.0 Å². The maximum Gasteiger partial charge on any atom is 0.213 e. The monoisotopic (exact) mass is 470 g/mol. The van der Waals surface area contributed by atoms with Gasteiger partial charge < -0.3 is 20.1 Å². The van der Waals surface area contributed by atoms with Gasteiger partial charge in [-0.15, -0.1) is 24.0 Å². The summed E-state index contributed by atoms with van der Waals surface area (Å²) in [5.74, 6) is 2.29. The molecule has 0 radical (unpaired) electrons. The first kappa shape index (κ1) is 22.0. The normalized spacial score (nSPS) is 10.7. The number of pyridine rings is 1. The minimum absolute atomic E-state index is 0. The number of ether oxygens (including phenoxy) is 2. The minimum atomic E-state index is 0. The van der Waals surface area contributed by atoms with Gasteiger partial charge in [0.05, 0.1) is 14.2 Å². The molecule has 0 saturated heterocycles. The van der Waals surface area contributed by atoms with E-state index in [9.17, 15) is 0 Å². The molecular formula is C19H27IN4O2. The summed E-state index contributed by atoms with van der Waals surface area (Å²) in [7, 11) is 5.07. The van der Waals surface area contributed by atoms with Crippen molar-refractivity contribution in [3.8, 4) is 11.6 Å². The third kappa shape index (κ3) is 6.70. The first-order valence-corrected chi connectivity index (χ1v) is 8.23. The Bertz CT molecular complexity index is 722. The summed E-state index contributed by atoms with van der Waals surface area (Å²) < 4.78 is 10.5. The van der Waals surface area contributed by atoms with Gasteiger partial charge in [0.1, 0.15) is 5.75 Å². The Morgan fingerprint density at radius 1 is 1.08 bits per heavy atom. The van der Waals surface area contributed by atoms with Crippen LogP contribution in [0, 0.1) is 6.92 Å². The van der Waals surface area contributed by atoms with E-state index in [0.717, 1.165) is 35.8 Å². The third-order valence-corrected chi connectivity index (χ3v) is 3.87. The van der Waals surface area contributed by atoms with Gasteiger partial charge in [0.15, 0.2) is 5.96 Å². The molecule has 0 aliphatic rings. The van der Waals surface area contributed by atoms with Gasteiger partial charge in [0.25, 0.3) is 0 Å². The van der Waals surface area contributed by atoms with Crippen LogP contribution in [0.5, 0.6) is 11.6 Å². The molecule has 26 heavy (non-hydrogen) atoms. The van der Waals surface area contributed by atoms with Crippen molar-refractivity contribution in [1.29, 1.82) is 0 Å². The Morgan fingerprint density at radius 3 is 2.58 bits per heavy atom. The van der Waals surface area contributed by atoms with E-state index in [1.165, 1.54) is 5.56 Å². The molecule has 0 aliphatic carbocycles. The predicted octanol–water partition coefficient (Wildman–Crippen LogP) is 2.93. The molecular weight excluding hydrogens is 443 g/mol. The van der Waals surface area contributed by atoms with Gasteiger partial charge in [0.2, 0.25) is 5.88 Å². The van der Waals surface area contributed by atoms with Crippen LogP contribution >= 0.6 is 24.0 Å². The topological polar surface area (TPSA) is 67.8 Å². The lowest BCUT2D eigenvalue weighted by Gasteiger charge is -2.13. The molecule has 2 N–H and O–H groups in total. The van der Waals surface area contributed by atoms with Crippen LogP contribution in [0.1, 0.15) is 16.7 Å². The standard InChI is InChI=1S/C19H26N4O2.HI/c1-14-5-6-15(11-17(14)24-3)7-10-22-19(20-2)23-13-16-8-9-21-18(12-16)25-4;/h5-6,8-9,11-12H,7,10,13H2,1-4H3,(H2,20,22,23);1H. The number of aliphatic imine (C=N–C) groups is 1. The lowest BCUT2D eigenvalue weighted by Crippen LogP contribution is -2.37. The smallest absolute Gasteiger partial charge is 0.213 e. The maximum atomic E-state index is 5.37. The number of nitrogens with one attached hydrogen (secondary N) is 2. The van der Waals surface area contributed by atoms with Crippen molar-refractivity contribution in [3.05, 3.63) is 53.2 Å². The van der Waals surface area contributed by atoms with Crippen LogP contribution in [-0.4, -0.2) is 38.8 Å². The van der Waals surface area contributed by atoms with E-state index < -0.39 is 0 Å². The maximum absolute atomic E-state index is 5.37. The molecule has 0 atom stereocenters. The van der Waals surface area contributed by atoms with E-state index in [0.29, 0.717) is 12.4 Å². The van der Waals surface area contributed by atoms with Crippen molar-refractivity contribution in [2.75, 3.05) is 27.8 Å². The molecule has 1 aromatic carbocycles. The Labute approximate surface area is 172 Å². The molecule has 2 aromatic rings. The number of aromatic nitrogens is 1. The van der Waals surface area contributed by atoms with E-state index >= 15 is 0 Å². The van der Waals surface area contributed by atoms with E-state index in [4.69, 9.17) is 9.47 Å². The summed E-state index contributed by atoms with van der Waals surface area (Å²) in [5, 5.41) is 6.61. The molecule has 0 aliphatic heterocycles. The van der Waals surface area contributed by atoms with Crippen LogP contribution in [0.4, 0.5) is 0 Å². The fraction of sp³-hybridized carbons (Fsp3) is 0.368. The molecule has 6 nitrogen and oxygen atoms in total. The fourth-order valence-corrected chi connectivity index (χ4v) is 2.42. The number of methoxy groups -OCH3 is 2. The van der Waals surface area contributed by atoms with Crippen LogP contribution in [0.15, 0.2) is 41.5 Å². The number of nitrogens with zero attached hydrogens (tertiary/aromatic N) is 2. The first-order chi connectivity index (χ1) is 12.2. The highest BCUT2D eigenvalue weighted by Crippen LogP contribution is 2.19. The number of halogens is 1. The molecule has 0 unspecified atom stereocenters. The van der Waals surface area contributed by atoms with Crippen LogP contribution < -0.4 is 20.1 Å². The van der Waals surface area contributed by atoms with Gasteiger partial charge in [0, 0.05) is 32.4 Å². The Morgan fingerprint density at radius 2 is 1.88 bits per heavy atom. The van der Waals surface area contributed by atoms with Gasteiger partial charge in [-0.1, -0.05) is 12.1 Å². The van der Waals surface area contributed by atoms with Crippen molar-refractivity contribution in [1.82, 2.24) is 15.6 Å². The van der Waals surface area contributed by atoms with Gasteiger partial charge in [-0.2, -0.15) is 0 Å². The molecule has 0 saturated carbocycles. The van der Waals surface area contributed by atoms with Gasteiger partial charge in [-0.05, 0) is 42.2 Å². The number of guanidine groups is 1. The predicted molar refractivity (Wildman–Crippen MR) is 116 cm³/mol. The highest BCUT2D eigenvalue weighted by atomic mass is 127. The number of rotatable bonds is 7. The second-order valence-corrected chi connectivity index (χ2v) is 5.61. The SMILES string of the molecule is CN=C(NCCc1ccc(C)c(OC)c1)NCc1ccnc(OC)c1.I. The second-order valence-electron chi connectivity index (χ2n) is 5.61. The summed E-state index contributed by atoms with van der Waals surface area (Å²) in [6, 6.07) is 10.1. The average molecular weight is 470 g/mol. The Kier molecular flexibility index (Phi) is 9.79. The van der Waals surface area contributed by atoms with E-state index in [1.54, 1.807) is 27.5 Å². The van der Waals surface area contributed by atoms with Crippen molar-refractivity contribution >= 4 is 29.9 Å². The Balaban J connectivity index is 0.00000338. The molecule has 0 amide bonds. The molecule has 0 bridgehead atoms. The molecule has 7 heteroatoms. The van der Waals surface area contributed by atoms with Crippen LogP contribution in [0.3, 0.4) is 0 Å². The van der Waals surface area contributed by atoms with Crippen molar-refractivity contribution in [3.63, 3.8) is 0 Å². The molecule has 142 valence electrons. The van der Waals surface area contributed by atoms with Gasteiger partial charge in [-0.3, -0.25) is 4.99 Å². The first-order valence-electron chi connectivity index (χ1n) is 8.23. The number of benzene rings is 1. The molecule has 0 spiro atoms. The molecule has 1 aromatic heterocycles. The zero-order valence-electron chi connectivity index (χ0n) is 15.7. The lowest BCUT2D eigenvalue weighted by molar-refractivity contribution is 0.397. The number of aryl methyl sites for hydroxylation is 1. The quantitative estimate of drug-likeness (QED) is 0.370. The summed E-state index contributed by atoms with van der Waals surface area (Å²) >= 11 is 0. The summed E-state index contributed by atoms with van der Waals surface area (Å²) in [6.07, 6.45) is 2.62. The van der Waals surface area contributed by atoms with Crippen LogP contribution in [0.25, 0.3) is 0 Å². The summed E-state index contributed by atoms with van der Waals surface area (Å²) in [4.78, 5) is 8.35. The van der Waals surface area contributed by atoms with Crippen LogP contribution in [0.2, 0.25) is 0 Å². The summed E-state index contributed by atoms with van der Waals surface area (Å²) in [6.45, 7) is 3.48. The van der Waals surface area contributed by atoms with Crippen molar-refractivity contribution < 1.29 is 9.47 Å². The molecule has 2 rings (SSSR count). The highest BCUT2D eigenvalue weighted by molar-refractivity contribution is 14.0. The van der Waals surface area contributed by atoms with Crippen LogP contribution in [-0.2, 0) is 13.0 Å². The molecule has 1 heterocycles.